The summed E-state index contributed by atoms with van der Waals surface area (Å²) in [7, 11) is 0. The quantitative estimate of drug-likeness (QED) is 0.231. The Morgan fingerprint density at radius 1 is 1.71 bits per heavy atom. The van der Waals surface area contributed by atoms with Crippen LogP contribution in [0.3, 0.4) is 0 Å². The van der Waals surface area contributed by atoms with Crippen LogP contribution in [0.15, 0.2) is 23.4 Å². The topological polar surface area (TPSA) is 78.7 Å². The first-order valence-corrected chi connectivity index (χ1v) is 3.78. The standard InChI is InChI=1S/C9H6N4O/c10-13-12-6-2-4-9-8(7-14)3-1-5-11-9/h1,3,5,7H,6H2. The Morgan fingerprint density at radius 2 is 2.57 bits per heavy atom. The van der Waals surface area contributed by atoms with E-state index in [9.17, 15) is 4.79 Å². The SMILES string of the molecule is [N-]=[N+]=NCC#Cc1ncccc1C=O. The Kier molecular flexibility index (Phi) is 3.74. The van der Waals surface area contributed by atoms with E-state index in [1.165, 1.54) is 0 Å². The number of carbonyl (C=O) groups is 1. The normalized spacial score (nSPS) is 8.00. The summed E-state index contributed by atoms with van der Waals surface area (Å²) < 4.78 is 0. The van der Waals surface area contributed by atoms with Crippen LogP contribution in [0.4, 0.5) is 0 Å². The van der Waals surface area contributed by atoms with Crippen LogP contribution in [0.25, 0.3) is 10.4 Å². The summed E-state index contributed by atoms with van der Waals surface area (Å²) in [4.78, 5) is 17.0. The third-order valence-corrected chi connectivity index (χ3v) is 1.39. The van der Waals surface area contributed by atoms with E-state index in [0.29, 0.717) is 17.5 Å². The molecule has 0 radical (unpaired) electrons. The molecule has 0 atom stereocenters. The zero-order chi connectivity index (χ0) is 10.2. The van der Waals surface area contributed by atoms with E-state index in [-0.39, 0.29) is 6.54 Å². The lowest BCUT2D eigenvalue weighted by molar-refractivity contribution is 0.112. The summed E-state index contributed by atoms with van der Waals surface area (Å²) in [5.74, 6) is 5.23. The number of nitrogens with zero attached hydrogens (tertiary/aromatic N) is 4. The van der Waals surface area contributed by atoms with Crippen LogP contribution in [-0.4, -0.2) is 17.8 Å². The second-order valence-corrected chi connectivity index (χ2v) is 2.25. The minimum absolute atomic E-state index is 0.0748. The van der Waals surface area contributed by atoms with Crippen molar-refractivity contribution in [1.82, 2.24) is 4.98 Å². The summed E-state index contributed by atoms with van der Waals surface area (Å²) in [6.45, 7) is 0.0748. The maximum absolute atomic E-state index is 10.5. The molecule has 0 N–H and O–H groups in total. The summed E-state index contributed by atoms with van der Waals surface area (Å²) in [6.07, 6.45) is 2.23. The zero-order valence-electron chi connectivity index (χ0n) is 7.21. The number of hydrogen-bond acceptors (Lipinski definition) is 3. The number of carbonyl (C=O) groups excluding carboxylic acids is 1. The third kappa shape index (κ3) is 2.63. The molecule has 1 rings (SSSR count). The van der Waals surface area contributed by atoms with Gasteiger partial charge in [0.25, 0.3) is 0 Å². The van der Waals surface area contributed by atoms with Crippen LogP contribution >= 0.6 is 0 Å². The molecule has 0 saturated carbocycles. The summed E-state index contributed by atoms with van der Waals surface area (Å²) in [6, 6.07) is 3.28. The Hall–Kier alpha value is -2.31. The fourth-order valence-corrected chi connectivity index (χ4v) is 0.808. The van der Waals surface area contributed by atoms with Crippen LogP contribution < -0.4 is 0 Å². The smallest absolute Gasteiger partial charge is 0.152 e. The zero-order valence-corrected chi connectivity index (χ0v) is 7.21. The predicted molar refractivity (Wildman–Crippen MR) is 50.5 cm³/mol. The molecular weight excluding hydrogens is 180 g/mol. The minimum Gasteiger partial charge on any atom is -0.298 e. The lowest BCUT2D eigenvalue weighted by Gasteiger charge is -1.91. The molecule has 0 spiro atoms. The van der Waals surface area contributed by atoms with Crippen LogP contribution in [0.5, 0.6) is 0 Å². The number of aldehydes is 1. The van der Waals surface area contributed by atoms with Crippen LogP contribution in [0.2, 0.25) is 0 Å². The molecule has 1 aromatic heterocycles. The Morgan fingerprint density at radius 3 is 3.29 bits per heavy atom. The highest BCUT2D eigenvalue weighted by atomic mass is 16.1. The minimum atomic E-state index is 0.0748. The van der Waals surface area contributed by atoms with E-state index in [4.69, 9.17) is 5.53 Å². The highest BCUT2D eigenvalue weighted by Gasteiger charge is 1.96. The van der Waals surface area contributed by atoms with Gasteiger partial charge in [-0.1, -0.05) is 11.0 Å². The van der Waals surface area contributed by atoms with Gasteiger partial charge >= 0.3 is 0 Å². The summed E-state index contributed by atoms with van der Waals surface area (Å²) >= 11 is 0. The summed E-state index contributed by atoms with van der Waals surface area (Å²) in [5, 5.41) is 3.23. The monoisotopic (exact) mass is 186 g/mol. The van der Waals surface area contributed by atoms with Gasteiger partial charge in [-0.2, -0.15) is 0 Å². The highest BCUT2D eigenvalue weighted by molar-refractivity contribution is 5.78. The first-order chi connectivity index (χ1) is 6.88. The van der Waals surface area contributed by atoms with Crippen LogP contribution in [0, 0.1) is 11.8 Å². The maximum Gasteiger partial charge on any atom is 0.152 e. The van der Waals surface area contributed by atoms with Gasteiger partial charge in [0.1, 0.15) is 5.69 Å². The molecule has 5 heteroatoms. The van der Waals surface area contributed by atoms with Gasteiger partial charge in [-0.15, -0.1) is 0 Å². The molecule has 0 saturated heterocycles. The van der Waals surface area contributed by atoms with Gasteiger partial charge in [0, 0.05) is 16.7 Å². The highest BCUT2D eigenvalue weighted by Crippen LogP contribution is 1.99. The van der Waals surface area contributed by atoms with Gasteiger partial charge in [-0.25, -0.2) is 4.98 Å². The van der Waals surface area contributed by atoms with Crippen LogP contribution in [0.1, 0.15) is 16.1 Å². The molecule has 1 heterocycles. The van der Waals surface area contributed by atoms with Crippen molar-refractivity contribution in [3.63, 3.8) is 0 Å². The van der Waals surface area contributed by atoms with E-state index < -0.39 is 0 Å². The van der Waals surface area contributed by atoms with Gasteiger partial charge in [-0.3, -0.25) is 4.79 Å². The molecule has 0 unspecified atom stereocenters. The van der Waals surface area contributed by atoms with Gasteiger partial charge in [0.05, 0.1) is 6.54 Å². The lowest BCUT2D eigenvalue weighted by Crippen LogP contribution is -1.90. The van der Waals surface area contributed by atoms with Crippen molar-refractivity contribution in [2.75, 3.05) is 6.54 Å². The number of rotatable bonds is 2. The van der Waals surface area contributed by atoms with E-state index >= 15 is 0 Å². The van der Waals surface area contributed by atoms with Gasteiger partial charge in [0.15, 0.2) is 6.29 Å². The van der Waals surface area contributed by atoms with Gasteiger partial charge in [-0.05, 0) is 23.6 Å². The molecule has 1 aromatic rings. The van der Waals surface area contributed by atoms with Crippen molar-refractivity contribution in [3.05, 3.63) is 40.0 Å². The fraction of sp³-hybridized carbons (Fsp3) is 0.111. The van der Waals surface area contributed by atoms with Crippen molar-refractivity contribution >= 4 is 6.29 Å². The third-order valence-electron chi connectivity index (χ3n) is 1.39. The van der Waals surface area contributed by atoms with Crippen molar-refractivity contribution in [1.29, 1.82) is 0 Å². The number of azide groups is 1. The van der Waals surface area contributed by atoms with Crippen molar-refractivity contribution < 1.29 is 4.79 Å². The van der Waals surface area contributed by atoms with Gasteiger partial charge in [0.2, 0.25) is 0 Å². The Bertz CT molecular complexity index is 438. The second-order valence-electron chi connectivity index (χ2n) is 2.25. The predicted octanol–water partition coefficient (Wildman–Crippen LogP) is 1.56. The molecule has 0 fully saturated rings. The largest absolute Gasteiger partial charge is 0.298 e. The molecule has 0 aliphatic rings. The molecule has 68 valence electrons. The van der Waals surface area contributed by atoms with E-state index in [1.54, 1.807) is 18.3 Å². The molecular formula is C9H6N4O. The molecule has 5 nitrogen and oxygen atoms in total. The van der Waals surface area contributed by atoms with E-state index in [0.717, 1.165) is 0 Å². The average molecular weight is 186 g/mol. The molecule has 0 aromatic carbocycles. The second kappa shape index (κ2) is 5.36. The number of pyridine rings is 1. The number of aromatic nitrogens is 1. The molecule has 0 aliphatic carbocycles. The maximum atomic E-state index is 10.5. The molecule has 0 bridgehead atoms. The summed E-state index contributed by atoms with van der Waals surface area (Å²) in [5.41, 5.74) is 8.81. The van der Waals surface area contributed by atoms with Crippen molar-refractivity contribution in [2.45, 2.75) is 0 Å². The Labute approximate surface area is 80.4 Å². The first kappa shape index (κ1) is 9.78. The van der Waals surface area contributed by atoms with E-state index in [1.807, 2.05) is 0 Å². The number of hydrogen-bond donors (Lipinski definition) is 0. The lowest BCUT2D eigenvalue weighted by atomic mass is 10.2. The Balaban J connectivity index is 2.88. The van der Waals surface area contributed by atoms with Crippen molar-refractivity contribution in [2.24, 2.45) is 5.11 Å². The molecule has 0 aliphatic heterocycles. The van der Waals surface area contributed by atoms with Crippen LogP contribution in [-0.2, 0) is 0 Å². The fourth-order valence-electron chi connectivity index (χ4n) is 0.808. The molecule has 14 heavy (non-hydrogen) atoms. The molecule has 0 amide bonds. The first-order valence-electron chi connectivity index (χ1n) is 3.78. The van der Waals surface area contributed by atoms with Crippen molar-refractivity contribution in [3.8, 4) is 11.8 Å². The van der Waals surface area contributed by atoms with Gasteiger partial charge < -0.3 is 0 Å². The van der Waals surface area contributed by atoms with E-state index in [2.05, 4.69) is 26.9 Å². The average Bonchev–Trinajstić information content (AvgIpc) is 2.25.